The average molecular weight is 553 g/mol. The van der Waals surface area contributed by atoms with Crippen molar-refractivity contribution in [3.8, 4) is 26.8 Å². The Bertz CT molecular complexity index is 1390. The lowest BCUT2D eigenvalue weighted by molar-refractivity contribution is 0.311. The maximum atomic E-state index is 13.8. The molecule has 9 nitrogen and oxygen atoms in total. The molecule has 3 aromatic heterocycles. The quantitative estimate of drug-likeness (QED) is 0.348. The molecule has 12 heteroatoms. The lowest BCUT2D eigenvalue weighted by Crippen LogP contribution is -2.44. The number of rotatable bonds is 7. The summed E-state index contributed by atoms with van der Waals surface area (Å²) in [6.07, 6.45) is 5.19. The second-order valence-electron chi connectivity index (χ2n) is 9.46. The molecule has 1 aromatic carbocycles. The number of ether oxygens (including phenoxy) is 1. The lowest BCUT2D eigenvalue weighted by Gasteiger charge is -2.34. The Morgan fingerprint density at radius 2 is 1.89 bits per heavy atom. The SMILES string of the molecule is COc1cc(Nc2ncc(-c3cncs3)c(-c3cnc(N4CC[C@H](F)C4)s3)n2)ccc1N1CCN(C)CC1. The maximum Gasteiger partial charge on any atom is 0.227 e. The first-order valence-corrected chi connectivity index (χ1v) is 14.3. The zero-order valence-corrected chi connectivity index (χ0v) is 22.9. The van der Waals surface area contributed by atoms with Crippen LogP contribution in [0.15, 0.2) is 42.3 Å². The minimum absolute atomic E-state index is 0.386. The van der Waals surface area contributed by atoms with E-state index in [4.69, 9.17) is 9.72 Å². The maximum absolute atomic E-state index is 13.8. The van der Waals surface area contributed by atoms with E-state index in [0.717, 1.165) is 69.4 Å². The Balaban J connectivity index is 1.29. The van der Waals surface area contributed by atoms with Gasteiger partial charge in [-0.2, -0.15) is 0 Å². The molecule has 1 atom stereocenters. The number of nitrogens with zero attached hydrogens (tertiary/aromatic N) is 7. The van der Waals surface area contributed by atoms with Gasteiger partial charge in [0.1, 0.15) is 11.9 Å². The van der Waals surface area contributed by atoms with Crippen LogP contribution in [0.3, 0.4) is 0 Å². The molecule has 0 saturated carbocycles. The summed E-state index contributed by atoms with van der Waals surface area (Å²) in [7, 11) is 3.85. The van der Waals surface area contributed by atoms with Crippen LogP contribution in [0.4, 0.5) is 26.8 Å². The molecular weight excluding hydrogens is 523 g/mol. The number of thiazole rings is 2. The monoisotopic (exact) mass is 552 g/mol. The summed E-state index contributed by atoms with van der Waals surface area (Å²) in [5, 5.41) is 4.16. The number of nitrogens with one attached hydrogen (secondary N) is 1. The standard InChI is InChI=1S/C26H29FN8OS2/c1-33-7-9-34(10-8-33)20-4-3-18(11-21(20)36-2)31-25-29-12-19(22-13-28-16-37-22)24(32-25)23-14-30-26(38-23)35-6-5-17(27)15-35/h3-4,11-14,16-17H,5-10,15H2,1-2H3,(H,29,31,32)/t17-/m0/s1. The van der Waals surface area contributed by atoms with Gasteiger partial charge >= 0.3 is 0 Å². The smallest absolute Gasteiger partial charge is 0.227 e. The predicted octanol–water partition coefficient (Wildman–Crippen LogP) is 4.78. The third kappa shape index (κ3) is 5.16. The van der Waals surface area contributed by atoms with Gasteiger partial charge in [-0.25, -0.2) is 19.3 Å². The van der Waals surface area contributed by atoms with E-state index in [9.17, 15) is 4.39 Å². The highest BCUT2D eigenvalue weighted by Crippen LogP contribution is 2.39. The average Bonchev–Trinajstić information content (AvgIpc) is 3.71. The molecule has 0 aliphatic carbocycles. The molecule has 0 radical (unpaired) electrons. The molecule has 4 aromatic rings. The fourth-order valence-electron chi connectivity index (χ4n) is 4.76. The van der Waals surface area contributed by atoms with E-state index < -0.39 is 6.17 Å². The number of hydrogen-bond acceptors (Lipinski definition) is 11. The van der Waals surface area contributed by atoms with Crippen LogP contribution in [-0.4, -0.2) is 84.4 Å². The Morgan fingerprint density at radius 3 is 2.63 bits per heavy atom. The van der Waals surface area contributed by atoms with E-state index in [1.165, 1.54) is 22.7 Å². The summed E-state index contributed by atoms with van der Waals surface area (Å²) >= 11 is 3.06. The fraction of sp³-hybridized carbons (Fsp3) is 0.385. The van der Waals surface area contributed by atoms with Crippen LogP contribution < -0.4 is 19.9 Å². The molecule has 5 heterocycles. The molecular formula is C26H29FN8OS2. The third-order valence-electron chi connectivity index (χ3n) is 6.89. The summed E-state index contributed by atoms with van der Waals surface area (Å²) in [5.41, 5.74) is 5.38. The zero-order chi connectivity index (χ0) is 26.1. The van der Waals surface area contributed by atoms with E-state index in [1.54, 1.807) is 12.6 Å². The second-order valence-corrected chi connectivity index (χ2v) is 11.4. The molecule has 38 heavy (non-hydrogen) atoms. The summed E-state index contributed by atoms with van der Waals surface area (Å²) in [5.74, 6) is 1.28. The molecule has 198 valence electrons. The van der Waals surface area contributed by atoms with Gasteiger partial charge in [-0.05, 0) is 25.6 Å². The van der Waals surface area contributed by atoms with Crippen molar-refractivity contribution in [3.05, 3.63) is 42.3 Å². The first-order valence-electron chi connectivity index (χ1n) is 12.6. The molecule has 0 unspecified atom stereocenters. The highest BCUT2D eigenvalue weighted by atomic mass is 32.1. The number of aromatic nitrogens is 4. The van der Waals surface area contributed by atoms with Crippen molar-refractivity contribution in [2.45, 2.75) is 12.6 Å². The number of anilines is 4. The molecule has 6 rings (SSSR count). The molecule has 0 spiro atoms. The third-order valence-corrected chi connectivity index (χ3v) is 8.77. The van der Waals surface area contributed by atoms with Gasteiger partial charge in [-0.3, -0.25) is 4.98 Å². The molecule has 2 fully saturated rings. The van der Waals surface area contributed by atoms with E-state index in [0.29, 0.717) is 25.5 Å². The van der Waals surface area contributed by atoms with Crippen molar-refractivity contribution < 1.29 is 9.13 Å². The molecule has 2 aliphatic rings. The highest BCUT2D eigenvalue weighted by Gasteiger charge is 2.25. The molecule has 2 aliphatic heterocycles. The number of piperazine rings is 1. The number of alkyl halides is 1. The normalized spacial score (nSPS) is 18.2. The van der Waals surface area contributed by atoms with Crippen LogP contribution in [0.1, 0.15) is 6.42 Å². The van der Waals surface area contributed by atoms with Gasteiger partial charge in [-0.15, -0.1) is 11.3 Å². The van der Waals surface area contributed by atoms with E-state index in [1.807, 2.05) is 35.6 Å². The zero-order valence-electron chi connectivity index (χ0n) is 21.3. The van der Waals surface area contributed by atoms with Gasteiger partial charge in [0.2, 0.25) is 5.95 Å². The Morgan fingerprint density at radius 1 is 1.03 bits per heavy atom. The lowest BCUT2D eigenvalue weighted by atomic mass is 10.2. The first-order chi connectivity index (χ1) is 18.6. The molecule has 0 bridgehead atoms. The largest absolute Gasteiger partial charge is 0.495 e. The Labute approximate surface area is 229 Å². The highest BCUT2D eigenvalue weighted by molar-refractivity contribution is 7.19. The van der Waals surface area contributed by atoms with Gasteiger partial charge in [0.05, 0.1) is 40.3 Å². The Kier molecular flexibility index (Phi) is 7.09. The van der Waals surface area contributed by atoms with Crippen molar-refractivity contribution in [3.63, 3.8) is 0 Å². The number of benzene rings is 1. The van der Waals surface area contributed by atoms with Crippen LogP contribution in [0.25, 0.3) is 21.0 Å². The van der Waals surface area contributed by atoms with Gasteiger partial charge in [0.25, 0.3) is 0 Å². The minimum atomic E-state index is -0.801. The summed E-state index contributed by atoms with van der Waals surface area (Å²) < 4.78 is 19.5. The van der Waals surface area contributed by atoms with Gasteiger partial charge in [-0.1, -0.05) is 11.3 Å². The summed E-state index contributed by atoms with van der Waals surface area (Å²) in [6, 6.07) is 6.10. The number of likely N-dealkylation sites (N-methyl/N-ethyl adjacent to an activating group) is 1. The van der Waals surface area contributed by atoms with Crippen molar-refractivity contribution in [2.75, 3.05) is 68.5 Å². The molecule has 2 saturated heterocycles. The van der Waals surface area contributed by atoms with Crippen LogP contribution >= 0.6 is 22.7 Å². The molecule has 0 amide bonds. The topological polar surface area (TPSA) is 82.5 Å². The minimum Gasteiger partial charge on any atom is -0.495 e. The van der Waals surface area contributed by atoms with Crippen molar-refractivity contribution in [1.82, 2.24) is 24.8 Å². The van der Waals surface area contributed by atoms with Crippen molar-refractivity contribution in [1.29, 1.82) is 0 Å². The van der Waals surface area contributed by atoms with E-state index >= 15 is 0 Å². The van der Waals surface area contributed by atoms with Crippen LogP contribution in [0, 0.1) is 0 Å². The van der Waals surface area contributed by atoms with Crippen LogP contribution in [0.5, 0.6) is 5.75 Å². The van der Waals surface area contributed by atoms with Crippen LogP contribution in [-0.2, 0) is 0 Å². The number of halogens is 1. The fourth-order valence-corrected chi connectivity index (χ4v) is 6.35. The van der Waals surface area contributed by atoms with Gasteiger partial charge in [0, 0.05) is 68.6 Å². The first kappa shape index (κ1) is 25.0. The predicted molar refractivity (Wildman–Crippen MR) is 152 cm³/mol. The van der Waals surface area contributed by atoms with Crippen molar-refractivity contribution in [2.24, 2.45) is 0 Å². The van der Waals surface area contributed by atoms with Gasteiger partial charge < -0.3 is 24.8 Å². The second kappa shape index (κ2) is 10.8. The van der Waals surface area contributed by atoms with E-state index in [-0.39, 0.29) is 0 Å². The van der Waals surface area contributed by atoms with Gasteiger partial charge in [0.15, 0.2) is 5.13 Å². The van der Waals surface area contributed by atoms with Crippen LogP contribution in [0.2, 0.25) is 0 Å². The summed E-state index contributed by atoms with van der Waals surface area (Å²) in [6.45, 7) is 5.04. The number of methoxy groups -OCH3 is 1. The Hall–Kier alpha value is -3.35. The van der Waals surface area contributed by atoms with Crippen molar-refractivity contribution >= 4 is 45.1 Å². The van der Waals surface area contributed by atoms with E-state index in [2.05, 4.69) is 43.2 Å². The summed E-state index contributed by atoms with van der Waals surface area (Å²) in [4.78, 5) is 26.9. The number of hydrogen-bond donors (Lipinski definition) is 1. The molecule has 1 N–H and O–H groups in total.